The number of Topliss-reactive ketones (excluding diaryl/α,β-unsaturated/α-hetero) is 1. The lowest BCUT2D eigenvalue weighted by molar-refractivity contribution is -0.125. The minimum absolute atomic E-state index is 0.0543. The highest BCUT2D eigenvalue weighted by Gasteiger charge is 2.41. The van der Waals surface area contributed by atoms with Gasteiger partial charge in [0, 0.05) is 16.7 Å². The van der Waals surface area contributed by atoms with Crippen LogP contribution in [0.5, 0.6) is 0 Å². The molecular weight excluding hydrogens is 232 g/mol. The standard InChI is InChI=1S/C14H18O2S/c1-3-17-13-6-4-12(5-7-13)14(8-11(2)15)9-16-10-14/h4-7H,3,8-10H2,1-2H3. The van der Waals surface area contributed by atoms with Crippen LogP contribution in [0, 0.1) is 0 Å². The summed E-state index contributed by atoms with van der Waals surface area (Å²) in [7, 11) is 0. The van der Waals surface area contributed by atoms with Crippen molar-refractivity contribution in [1.82, 2.24) is 0 Å². The van der Waals surface area contributed by atoms with Gasteiger partial charge in [-0.3, -0.25) is 4.79 Å². The third kappa shape index (κ3) is 2.72. The zero-order valence-electron chi connectivity index (χ0n) is 10.4. The number of hydrogen-bond donors (Lipinski definition) is 0. The Bertz CT molecular complexity index is 393. The summed E-state index contributed by atoms with van der Waals surface area (Å²) >= 11 is 1.84. The van der Waals surface area contributed by atoms with Gasteiger partial charge in [-0.15, -0.1) is 11.8 Å². The van der Waals surface area contributed by atoms with Crippen molar-refractivity contribution in [2.24, 2.45) is 0 Å². The van der Waals surface area contributed by atoms with E-state index in [-0.39, 0.29) is 11.2 Å². The molecule has 0 aliphatic carbocycles. The molecule has 2 nitrogen and oxygen atoms in total. The summed E-state index contributed by atoms with van der Waals surface area (Å²) < 4.78 is 5.31. The molecule has 1 aliphatic rings. The molecule has 0 spiro atoms. The van der Waals surface area contributed by atoms with E-state index < -0.39 is 0 Å². The fourth-order valence-corrected chi connectivity index (χ4v) is 2.93. The van der Waals surface area contributed by atoms with Crippen LogP contribution in [0.4, 0.5) is 0 Å². The van der Waals surface area contributed by atoms with Gasteiger partial charge in [0.15, 0.2) is 0 Å². The Morgan fingerprint density at radius 1 is 1.35 bits per heavy atom. The molecule has 17 heavy (non-hydrogen) atoms. The molecular formula is C14H18O2S. The van der Waals surface area contributed by atoms with E-state index in [1.165, 1.54) is 10.5 Å². The second-order valence-electron chi connectivity index (χ2n) is 4.61. The van der Waals surface area contributed by atoms with Gasteiger partial charge < -0.3 is 4.74 Å². The first-order chi connectivity index (χ1) is 8.16. The van der Waals surface area contributed by atoms with Gasteiger partial charge in [0.25, 0.3) is 0 Å². The van der Waals surface area contributed by atoms with Gasteiger partial charge in [0.1, 0.15) is 5.78 Å². The largest absolute Gasteiger partial charge is 0.379 e. The quantitative estimate of drug-likeness (QED) is 0.751. The average Bonchev–Trinajstić information content (AvgIpc) is 2.25. The SMILES string of the molecule is CCSc1ccc(C2(CC(C)=O)COC2)cc1. The average molecular weight is 250 g/mol. The molecule has 0 aromatic heterocycles. The highest BCUT2D eigenvalue weighted by molar-refractivity contribution is 7.99. The molecule has 1 heterocycles. The highest BCUT2D eigenvalue weighted by atomic mass is 32.2. The van der Waals surface area contributed by atoms with Crippen LogP contribution in [-0.2, 0) is 14.9 Å². The number of hydrogen-bond acceptors (Lipinski definition) is 3. The summed E-state index contributed by atoms with van der Waals surface area (Å²) in [6.45, 7) is 5.15. The maximum atomic E-state index is 11.3. The van der Waals surface area contributed by atoms with E-state index in [4.69, 9.17) is 4.74 Å². The second-order valence-corrected chi connectivity index (χ2v) is 5.95. The molecule has 1 fully saturated rings. The molecule has 0 bridgehead atoms. The molecule has 1 aliphatic heterocycles. The summed E-state index contributed by atoms with van der Waals surface area (Å²) in [6.07, 6.45) is 0.591. The Kier molecular flexibility index (Phi) is 3.89. The predicted molar refractivity (Wildman–Crippen MR) is 70.6 cm³/mol. The van der Waals surface area contributed by atoms with Crippen molar-refractivity contribution < 1.29 is 9.53 Å². The number of ketones is 1. The summed E-state index contributed by atoms with van der Waals surface area (Å²) in [5.41, 5.74) is 1.18. The van der Waals surface area contributed by atoms with Crippen LogP contribution in [0.2, 0.25) is 0 Å². The monoisotopic (exact) mass is 250 g/mol. The van der Waals surface area contributed by atoms with E-state index in [0.717, 1.165) is 5.75 Å². The van der Waals surface area contributed by atoms with Crippen molar-refractivity contribution in [3.63, 3.8) is 0 Å². The molecule has 0 N–H and O–H groups in total. The van der Waals surface area contributed by atoms with Gasteiger partial charge >= 0.3 is 0 Å². The molecule has 0 radical (unpaired) electrons. The van der Waals surface area contributed by atoms with Gasteiger partial charge in [0.05, 0.1) is 13.2 Å². The van der Waals surface area contributed by atoms with E-state index in [9.17, 15) is 4.79 Å². The summed E-state index contributed by atoms with van der Waals surface area (Å²) in [5.74, 6) is 1.32. The van der Waals surface area contributed by atoms with Crippen molar-refractivity contribution in [3.05, 3.63) is 29.8 Å². The second kappa shape index (κ2) is 5.23. The molecule has 0 unspecified atom stereocenters. The number of carbonyl (C=O) groups excluding carboxylic acids is 1. The fourth-order valence-electron chi connectivity index (χ4n) is 2.27. The zero-order valence-corrected chi connectivity index (χ0v) is 11.2. The molecule has 1 aromatic rings. The van der Waals surface area contributed by atoms with Crippen LogP contribution in [0.15, 0.2) is 29.2 Å². The van der Waals surface area contributed by atoms with E-state index in [1.807, 2.05) is 11.8 Å². The molecule has 1 aromatic carbocycles. The maximum Gasteiger partial charge on any atom is 0.130 e. The Morgan fingerprint density at radius 3 is 2.41 bits per heavy atom. The van der Waals surface area contributed by atoms with Crippen molar-refractivity contribution in [3.8, 4) is 0 Å². The van der Waals surface area contributed by atoms with Crippen LogP contribution in [-0.4, -0.2) is 24.7 Å². The Hall–Kier alpha value is -0.800. The maximum absolute atomic E-state index is 11.3. The zero-order chi connectivity index (χ0) is 12.3. The lowest BCUT2D eigenvalue weighted by Gasteiger charge is -2.41. The molecule has 0 saturated carbocycles. The Labute approximate surface area is 107 Å². The minimum Gasteiger partial charge on any atom is -0.379 e. The number of benzene rings is 1. The third-order valence-electron chi connectivity index (χ3n) is 3.12. The summed E-state index contributed by atoms with van der Waals surface area (Å²) in [4.78, 5) is 12.6. The molecule has 92 valence electrons. The van der Waals surface area contributed by atoms with Crippen molar-refractivity contribution in [2.45, 2.75) is 30.6 Å². The van der Waals surface area contributed by atoms with Crippen LogP contribution in [0.25, 0.3) is 0 Å². The minimum atomic E-state index is -0.0543. The Morgan fingerprint density at radius 2 is 2.00 bits per heavy atom. The lowest BCUT2D eigenvalue weighted by atomic mass is 9.75. The smallest absolute Gasteiger partial charge is 0.130 e. The van der Waals surface area contributed by atoms with Gasteiger partial charge in [-0.2, -0.15) is 0 Å². The van der Waals surface area contributed by atoms with Crippen LogP contribution < -0.4 is 0 Å². The van der Waals surface area contributed by atoms with Crippen LogP contribution in [0.1, 0.15) is 25.8 Å². The molecule has 2 rings (SSSR count). The first kappa shape index (κ1) is 12.7. The van der Waals surface area contributed by atoms with Crippen LogP contribution in [0.3, 0.4) is 0 Å². The molecule has 0 amide bonds. The third-order valence-corrected chi connectivity index (χ3v) is 4.02. The first-order valence-electron chi connectivity index (χ1n) is 5.97. The molecule has 0 atom stereocenters. The number of carbonyl (C=O) groups is 1. The first-order valence-corrected chi connectivity index (χ1v) is 6.95. The summed E-state index contributed by atoms with van der Waals surface area (Å²) in [5, 5.41) is 0. The number of ether oxygens (including phenoxy) is 1. The molecule has 3 heteroatoms. The van der Waals surface area contributed by atoms with E-state index in [1.54, 1.807) is 6.92 Å². The van der Waals surface area contributed by atoms with E-state index in [0.29, 0.717) is 19.6 Å². The number of thioether (sulfide) groups is 1. The topological polar surface area (TPSA) is 26.3 Å². The fraction of sp³-hybridized carbons (Fsp3) is 0.500. The van der Waals surface area contributed by atoms with Gasteiger partial charge in [-0.25, -0.2) is 0 Å². The lowest BCUT2D eigenvalue weighted by Crippen LogP contribution is -2.47. The van der Waals surface area contributed by atoms with Crippen molar-refractivity contribution in [1.29, 1.82) is 0 Å². The molecule has 1 saturated heterocycles. The van der Waals surface area contributed by atoms with Gasteiger partial charge in [0.2, 0.25) is 0 Å². The number of rotatable bonds is 5. The van der Waals surface area contributed by atoms with E-state index in [2.05, 4.69) is 31.2 Å². The van der Waals surface area contributed by atoms with Gasteiger partial charge in [-0.1, -0.05) is 19.1 Å². The predicted octanol–water partition coefficient (Wildman–Crippen LogP) is 3.05. The van der Waals surface area contributed by atoms with E-state index >= 15 is 0 Å². The van der Waals surface area contributed by atoms with Gasteiger partial charge in [-0.05, 0) is 30.4 Å². The van der Waals surface area contributed by atoms with Crippen LogP contribution >= 0.6 is 11.8 Å². The Balaban J connectivity index is 2.17. The normalized spacial score (nSPS) is 17.5. The van der Waals surface area contributed by atoms with Crippen molar-refractivity contribution >= 4 is 17.5 Å². The summed E-state index contributed by atoms with van der Waals surface area (Å²) in [6, 6.07) is 8.57. The van der Waals surface area contributed by atoms with Crippen molar-refractivity contribution in [2.75, 3.05) is 19.0 Å². The highest BCUT2D eigenvalue weighted by Crippen LogP contribution is 2.36.